The third-order valence-electron chi connectivity index (χ3n) is 4.82. The van der Waals surface area contributed by atoms with Crippen LogP contribution in [0.15, 0.2) is 59.4 Å². The number of ether oxygens (including phenoxy) is 1. The van der Waals surface area contributed by atoms with E-state index in [4.69, 9.17) is 9.26 Å². The number of hydrogen-bond acceptors (Lipinski definition) is 7. The number of benzene rings is 1. The third kappa shape index (κ3) is 4.80. The second kappa shape index (κ2) is 8.97. The molecule has 8 heteroatoms. The van der Waals surface area contributed by atoms with Gasteiger partial charge in [0.2, 0.25) is 17.7 Å². The van der Waals surface area contributed by atoms with E-state index in [9.17, 15) is 4.79 Å². The predicted octanol–water partition coefficient (Wildman–Crippen LogP) is 4.74. The molecule has 0 aliphatic carbocycles. The summed E-state index contributed by atoms with van der Waals surface area (Å²) >= 11 is 0. The number of nitrogens with zero attached hydrogens (tertiary/aromatic N) is 4. The summed E-state index contributed by atoms with van der Waals surface area (Å²) in [6, 6.07) is 12.9. The van der Waals surface area contributed by atoms with Gasteiger partial charge in [0, 0.05) is 24.0 Å². The number of aromatic nitrogens is 4. The monoisotopic (exact) mass is 429 g/mol. The van der Waals surface area contributed by atoms with E-state index in [1.54, 1.807) is 32.2 Å². The van der Waals surface area contributed by atoms with Crippen molar-refractivity contribution in [1.29, 1.82) is 0 Å². The first-order valence-electron chi connectivity index (χ1n) is 10.2. The lowest BCUT2D eigenvalue weighted by atomic mass is 10.0. The van der Waals surface area contributed by atoms with Crippen molar-refractivity contribution in [2.45, 2.75) is 33.7 Å². The molecule has 32 heavy (non-hydrogen) atoms. The Labute approximate surface area is 185 Å². The molecular weight excluding hydrogens is 406 g/mol. The van der Waals surface area contributed by atoms with Gasteiger partial charge in [0.1, 0.15) is 6.04 Å². The SMILES string of the molecule is Cc1ccc(-c2cc(C(=O)N[C@H](C)c3nc(C)no3)cnc2Oc2ccc(C)cn2)cc1. The molecule has 1 N–H and O–H groups in total. The first-order valence-corrected chi connectivity index (χ1v) is 10.2. The number of aryl methyl sites for hydroxylation is 3. The van der Waals surface area contributed by atoms with Crippen LogP contribution in [0.3, 0.4) is 0 Å². The quantitative estimate of drug-likeness (QED) is 0.472. The maximum Gasteiger partial charge on any atom is 0.253 e. The second-order valence-electron chi connectivity index (χ2n) is 7.59. The van der Waals surface area contributed by atoms with Crippen molar-refractivity contribution in [3.63, 3.8) is 0 Å². The summed E-state index contributed by atoms with van der Waals surface area (Å²) in [5, 5.41) is 6.62. The Morgan fingerprint density at radius 3 is 2.41 bits per heavy atom. The van der Waals surface area contributed by atoms with Crippen molar-refractivity contribution in [2.75, 3.05) is 0 Å². The van der Waals surface area contributed by atoms with Crippen molar-refractivity contribution in [3.05, 3.63) is 83.3 Å². The van der Waals surface area contributed by atoms with Gasteiger partial charge in [0.25, 0.3) is 5.91 Å². The summed E-state index contributed by atoms with van der Waals surface area (Å²) in [4.78, 5) is 25.8. The molecule has 3 heterocycles. The minimum atomic E-state index is -0.445. The van der Waals surface area contributed by atoms with Crippen LogP contribution in [-0.2, 0) is 0 Å². The summed E-state index contributed by atoms with van der Waals surface area (Å²) in [6.07, 6.45) is 3.20. The lowest BCUT2D eigenvalue weighted by Crippen LogP contribution is -2.27. The highest BCUT2D eigenvalue weighted by Crippen LogP contribution is 2.32. The van der Waals surface area contributed by atoms with E-state index in [1.165, 1.54) is 6.20 Å². The van der Waals surface area contributed by atoms with Gasteiger partial charge < -0.3 is 14.6 Å². The molecule has 1 aromatic carbocycles. The fourth-order valence-electron chi connectivity index (χ4n) is 3.04. The summed E-state index contributed by atoms with van der Waals surface area (Å²) in [7, 11) is 0. The molecule has 8 nitrogen and oxygen atoms in total. The number of rotatable bonds is 6. The normalized spacial score (nSPS) is 11.8. The third-order valence-corrected chi connectivity index (χ3v) is 4.82. The van der Waals surface area contributed by atoms with Gasteiger partial charge in [-0.1, -0.05) is 41.1 Å². The maximum atomic E-state index is 12.9. The molecule has 4 aromatic rings. The zero-order chi connectivity index (χ0) is 22.7. The highest BCUT2D eigenvalue weighted by Gasteiger charge is 2.19. The first-order chi connectivity index (χ1) is 15.4. The van der Waals surface area contributed by atoms with Crippen molar-refractivity contribution in [2.24, 2.45) is 0 Å². The van der Waals surface area contributed by atoms with Crippen LogP contribution in [0.4, 0.5) is 0 Å². The van der Waals surface area contributed by atoms with E-state index >= 15 is 0 Å². The second-order valence-corrected chi connectivity index (χ2v) is 7.59. The lowest BCUT2D eigenvalue weighted by molar-refractivity contribution is 0.0932. The molecule has 4 rings (SSSR count). The molecular formula is C24H23N5O3. The topological polar surface area (TPSA) is 103 Å². The molecule has 0 saturated heterocycles. The standard InChI is InChI=1S/C24H23N5O3/c1-14-5-8-18(9-6-14)20-11-19(22(30)27-16(3)23-28-17(4)29-32-23)13-26-24(20)31-21-10-7-15(2)12-25-21/h5-13,16H,1-4H3,(H,27,30)/t16-/m1/s1. The fourth-order valence-corrected chi connectivity index (χ4v) is 3.04. The Balaban J connectivity index is 1.65. The molecule has 0 spiro atoms. The van der Waals surface area contributed by atoms with E-state index in [2.05, 4.69) is 25.4 Å². The van der Waals surface area contributed by atoms with Crippen molar-refractivity contribution in [3.8, 4) is 22.9 Å². The Morgan fingerprint density at radius 2 is 1.75 bits per heavy atom. The van der Waals surface area contributed by atoms with E-state index in [-0.39, 0.29) is 5.91 Å². The summed E-state index contributed by atoms with van der Waals surface area (Å²) in [6.45, 7) is 7.47. The number of pyridine rings is 2. The van der Waals surface area contributed by atoms with Crippen LogP contribution in [-0.4, -0.2) is 26.0 Å². The number of nitrogens with one attached hydrogen (secondary N) is 1. The van der Waals surface area contributed by atoms with Crippen LogP contribution in [0.1, 0.15) is 46.2 Å². The average Bonchev–Trinajstić information content (AvgIpc) is 3.22. The van der Waals surface area contributed by atoms with Crippen LogP contribution >= 0.6 is 0 Å². The average molecular weight is 429 g/mol. The molecule has 0 unspecified atom stereocenters. The van der Waals surface area contributed by atoms with E-state index in [1.807, 2.05) is 44.2 Å². The first kappa shape index (κ1) is 21.2. The highest BCUT2D eigenvalue weighted by atomic mass is 16.5. The molecule has 0 aliphatic heterocycles. The fraction of sp³-hybridized carbons (Fsp3) is 0.208. The van der Waals surface area contributed by atoms with Crippen LogP contribution < -0.4 is 10.1 Å². The van der Waals surface area contributed by atoms with Gasteiger partial charge in [-0.15, -0.1) is 0 Å². The molecule has 0 aliphatic rings. The number of carbonyl (C=O) groups is 1. The largest absolute Gasteiger partial charge is 0.420 e. The number of carbonyl (C=O) groups excluding carboxylic acids is 1. The summed E-state index contributed by atoms with van der Waals surface area (Å²) in [5.74, 6) is 1.33. The van der Waals surface area contributed by atoms with Crippen LogP contribution in [0.2, 0.25) is 0 Å². The Bertz CT molecular complexity index is 1230. The molecule has 0 radical (unpaired) electrons. The molecule has 0 bridgehead atoms. The van der Waals surface area contributed by atoms with Crippen molar-refractivity contribution in [1.82, 2.24) is 25.4 Å². The molecule has 1 atom stereocenters. The van der Waals surface area contributed by atoms with Gasteiger partial charge in [0.15, 0.2) is 5.82 Å². The van der Waals surface area contributed by atoms with Gasteiger partial charge in [-0.2, -0.15) is 4.98 Å². The highest BCUT2D eigenvalue weighted by molar-refractivity contribution is 5.95. The zero-order valence-electron chi connectivity index (χ0n) is 18.3. The maximum absolute atomic E-state index is 12.9. The zero-order valence-corrected chi connectivity index (χ0v) is 18.3. The Kier molecular flexibility index (Phi) is 5.93. The van der Waals surface area contributed by atoms with Crippen LogP contribution in [0.5, 0.6) is 11.8 Å². The van der Waals surface area contributed by atoms with Gasteiger partial charge in [-0.3, -0.25) is 4.79 Å². The van der Waals surface area contributed by atoms with E-state index < -0.39 is 6.04 Å². The van der Waals surface area contributed by atoms with Gasteiger partial charge in [-0.05, 0) is 44.9 Å². The Hall–Kier alpha value is -4.07. The van der Waals surface area contributed by atoms with Crippen LogP contribution in [0, 0.1) is 20.8 Å². The summed E-state index contributed by atoms with van der Waals surface area (Å²) < 4.78 is 11.1. The van der Waals surface area contributed by atoms with E-state index in [0.717, 1.165) is 16.7 Å². The van der Waals surface area contributed by atoms with Crippen LogP contribution in [0.25, 0.3) is 11.1 Å². The lowest BCUT2D eigenvalue weighted by Gasteiger charge is -2.13. The molecule has 0 saturated carbocycles. The minimum Gasteiger partial charge on any atom is -0.420 e. The Morgan fingerprint density at radius 1 is 1.00 bits per heavy atom. The molecule has 1 amide bonds. The van der Waals surface area contributed by atoms with Gasteiger partial charge >= 0.3 is 0 Å². The molecule has 3 aromatic heterocycles. The van der Waals surface area contributed by atoms with Gasteiger partial charge in [0.05, 0.1) is 5.56 Å². The van der Waals surface area contributed by atoms with Gasteiger partial charge in [-0.25, -0.2) is 9.97 Å². The molecule has 0 fully saturated rings. The van der Waals surface area contributed by atoms with Crippen molar-refractivity contribution < 1.29 is 14.1 Å². The van der Waals surface area contributed by atoms with E-state index in [0.29, 0.717) is 34.6 Å². The van der Waals surface area contributed by atoms with Crippen molar-refractivity contribution >= 4 is 5.91 Å². The molecule has 162 valence electrons. The number of hydrogen-bond donors (Lipinski definition) is 1. The number of amides is 1. The smallest absolute Gasteiger partial charge is 0.253 e. The predicted molar refractivity (Wildman–Crippen MR) is 118 cm³/mol. The minimum absolute atomic E-state index is 0.311. The summed E-state index contributed by atoms with van der Waals surface area (Å²) in [5.41, 5.74) is 4.10.